The molecule has 1 atom stereocenters. The van der Waals surface area contributed by atoms with Gasteiger partial charge in [-0.25, -0.2) is 0 Å². The lowest BCUT2D eigenvalue weighted by Gasteiger charge is -2.14. The molecule has 0 rings (SSSR count). The molecule has 1 N–H and O–H groups in total. The SMILES string of the molecule is [2H]OC(=O)C(C([2H])[2H])(C([2H])([2H])[2H])C([2H])([2H])C([2H])([2H])[2H]. The van der Waals surface area contributed by atoms with E-state index in [0.29, 0.717) is 0 Å². The van der Waals surface area contributed by atoms with Gasteiger partial charge in [0.2, 0.25) is 0 Å². The molecular weight excluding hydrogens is 104 g/mol. The molecule has 0 spiro atoms. The summed E-state index contributed by atoms with van der Waals surface area (Å²) in [6.07, 6.45) is -3.75. The van der Waals surface area contributed by atoms with Crippen LogP contribution in [0.15, 0.2) is 0 Å². The molecular formula is C6H12O2. The minimum atomic E-state index is -3.75. The molecule has 2 heteroatoms. The van der Waals surface area contributed by atoms with Gasteiger partial charge in [-0.3, -0.25) is 4.79 Å². The Morgan fingerprint density at radius 2 is 3.12 bits per heavy atom. The lowest BCUT2D eigenvalue weighted by Crippen LogP contribution is -2.21. The van der Waals surface area contributed by atoms with E-state index in [-0.39, 0.29) is 0 Å². The van der Waals surface area contributed by atoms with Crippen molar-refractivity contribution in [3.05, 3.63) is 0 Å². The Labute approximate surface area is 65.1 Å². The molecule has 0 saturated heterocycles. The second-order valence-electron chi connectivity index (χ2n) is 1.22. The van der Waals surface area contributed by atoms with Gasteiger partial charge >= 0.3 is 5.97 Å². The molecule has 48 valence electrons. The lowest BCUT2D eigenvalue weighted by atomic mass is 9.91. The van der Waals surface area contributed by atoms with Gasteiger partial charge < -0.3 is 5.11 Å². The molecule has 0 aliphatic rings. The third-order valence-corrected chi connectivity index (χ3v) is 0.519. The molecule has 0 aliphatic carbocycles. The van der Waals surface area contributed by atoms with E-state index in [1.807, 2.05) is 0 Å². The number of hydrogen-bond acceptors (Lipinski definition) is 2. The molecule has 1 unspecified atom stereocenters. The largest absolute Gasteiger partial charge is 0.481 e. The van der Waals surface area contributed by atoms with E-state index in [0.717, 1.165) is 0 Å². The Hall–Kier alpha value is -0.530. The molecule has 0 fully saturated rings. The van der Waals surface area contributed by atoms with Crippen LogP contribution in [0.3, 0.4) is 0 Å². The van der Waals surface area contributed by atoms with Crippen LogP contribution in [0.4, 0.5) is 0 Å². The quantitative estimate of drug-likeness (QED) is 0.610. The van der Waals surface area contributed by atoms with Crippen LogP contribution in [0.1, 0.15) is 40.7 Å². The average molecular weight is 127 g/mol. The van der Waals surface area contributed by atoms with Crippen molar-refractivity contribution in [2.75, 3.05) is 0 Å². The van der Waals surface area contributed by atoms with Gasteiger partial charge in [0.15, 0.2) is 0 Å². The number of carboxylic acid groups (broad SMARTS) is 1. The number of carboxylic acids is 1. The number of carbonyl (C=O) groups is 1. The molecule has 2 nitrogen and oxygen atoms in total. The molecule has 0 radical (unpaired) electrons. The standard InChI is InChI=1S/C6H12O2/c1-4-6(2,3)5(7)8/h4H2,1-3H3,(H,7,8)/i1D3,2D2,3D3,4D2/hD. The van der Waals surface area contributed by atoms with Gasteiger partial charge in [0.1, 0.15) is 0 Å². The van der Waals surface area contributed by atoms with Gasteiger partial charge in [-0.05, 0) is 20.1 Å². The van der Waals surface area contributed by atoms with Crippen LogP contribution in [0, 0.1) is 5.41 Å². The highest BCUT2D eigenvalue weighted by Gasteiger charge is 2.23. The van der Waals surface area contributed by atoms with Crippen LogP contribution in [0.5, 0.6) is 0 Å². The Morgan fingerprint density at radius 1 is 2.25 bits per heavy atom. The van der Waals surface area contributed by atoms with E-state index < -0.39 is 38.3 Å². The van der Waals surface area contributed by atoms with E-state index in [1.165, 1.54) is 0 Å². The summed E-state index contributed by atoms with van der Waals surface area (Å²) in [5.41, 5.74) is -3.62. The first-order valence-electron chi connectivity index (χ1n) is 7.26. The summed E-state index contributed by atoms with van der Waals surface area (Å²) < 4.78 is 78.0. The number of aliphatic carboxylic acids is 1. The molecule has 0 saturated carbocycles. The molecule has 0 aromatic rings. The topological polar surface area (TPSA) is 37.3 Å². The van der Waals surface area contributed by atoms with Crippen molar-refractivity contribution in [1.29, 1.82) is 1.43 Å². The highest BCUT2D eigenvalue weighted by Crippen LogP contribution is 2.18. The van der Waals surface area contributed by atoms with Crippen molar-refractivity contribution in [3.63, 3.8) is 0 Å². The second kappa shape index (κ2) is 2.16. The maximum Gasteiger partial charge on any atom is 0.309 e. The van der Waals surface area contributed by atoms with E-state index >= 15 is 0 Å². The fraction of sp³-hybridized carbons (Fsp3) is 0.833. The highest BCUT2D eigenvalue weighted by atomic mass is 16.4. The highest BCUT2D eigenvalue weighted by molar-refractivity contribution is 5.73. The Balaban J connectivity index is 6.43. The van der Waals surface area contributed by atoms with Crippen molar-refractivity contribution in [2.24, 2.45) is 5.41 Å². The molecule has 0 heterocycles. The Bertz CT molecular complexity index is 342. The third-order valence-electron chi connectivity index (χ3n) is 0.519. The lowest BCUT2D eigenvalue weighted by molar-refractivity contribution is -0.147. The first-order valence-corrected chi connectivity index (χ1v) is 1.70. The smallest absolute Gasteiger partial charge is 0.309 e. The third kappa shape index (κ3) is 1.52. The first kappa shape index (κ1) is 1.02. The monoisotopic (exact) mass is 127 g/mol. The normalized spacial score (nSPS) is 42.4. The summed E-state index contributed by atoms with van der Waals surface area (Å²) in [6.45, 7) is -9.97. The first-order chi connectivity index (χ1) is 8.17. The van der Waals surface area contributed by atoms with E-state index in [9.17, 15) is 4.79 Å². The number of hydrogen-bond donors (Lipinski definition) is 1. The van der Waals surface area contributed by atoms with E-state index in [4.69, 9.17) is 15.1 Å². The van der Waals surface area contributed by atoms with E-state index in [1.54, 1.807) is 0 Å². The summed E-state index contributed by atoms with van der Waals surface area (Å²) in [5.74, 6) is -2.09. The van der Waals surface area contributed by atoms with Gasteiger partial charge in [-0.2, -0.15) is 0 Å². The molecule has 0 amide bonds. The van der Waals surface area contributed by atoms with Gasteiger partial charge in [-0.1, -0.05) is 6.85 Å². The Kier molecular flexibility index (Phi) is 0.276. The van der Waals surface area contributed by atoms with Crippen LogP contribution >= 0.6 is 0 Å². The predicted octanol–water partition coefficient (Wildman–Crippen LogP) is 1.51. The zero-order chi connectivity index (χ0) is 15.9. The fourth-order valence-electron chi connectivity index (χ4n) is 0.0510. The van der Waals surface area contributed by atoms with Gasteiger partial charge in [0.25, 0.3) is 1.43 Å². The average Bonchev–Trinajstić information content (AvgIpc) is 2.12. The molecule has 8 heavy (non-hydrogen) atoms. The van der Waals surface area contributed by atoms with Crippen molar-refractivity contribution in [2.45, 2.75) is 27.0 Å². The van der Waals surface area contributed by atoms with Crippen LogP contribution < -0.4 is 0 Å². The minimum Gasteiger partial charge on any atom is -0.481 e. The zero-order valence-corrected chi connectivity index (χ0v) is 3.89. The van der Waals surface area contributed by atoms with Crippen molar-refractivity contribution in [3.8, 4) is 0 Å². The fourth-order valence-corrected chi connectivity index (χ4v) is 0.0510. The van der Waals surface area contributed by atoms with Gasteiger partial charge in [-0.15, -0.1) is 0 Å². The van der Waals surface area contributed by atoms with Gasteiger partial charge in [0, 0.05) is 13.7 Å². The maximum absolute atomic E-state index is 11.5. The summed E-state index contributed by atoms with van der Waals surface area (Å²) in [6, 6.07) is 0. The summed E-state index contributed by atoms with van der Waals surface area (Å²) >= 11 is 0. The van der Waals surface area contributed by atoms with E-state index in [2.05, 4.69) is 5.11 Å². The van der Waals surface area contributed by atoms with Crippen LogP contribution in [0.25, 0.3) is 1.43 Å². The molecule has 0 aromatic heterocycles. The summed E-state index contributed by atoms with van der Waals surface area (Å²) in [4.78, 5) is 11.5. The molecule has 0 aliphatic heterocycles. The van der Waals surface area contributed by atoms with Crippen LogP contribution in [-0.2, 0) is 4.79 Å². The maximum atomic E-state index is 11.5. The van der Waals surface area contributed by atoms with Crippen molar-refractivity contribution < 1.29 is 23.6 Å². The van der Waals surface area contributed by atoms with Crippen molar-refractivity contribution in [1.82, 2.24) is 0 Å². The second-order valence-corrected chi connectivity index (χ2v) is 1.22. The molecule has 0 bridgehead atoms. The van der Waals surface area contributed by atoms with Crippen LogP contribution in [-0.4, -0.2) is 11.1 Å². The Morgan fingerprint density at radius 3 is 3.50 bits per heavy atom. The van der Waals surface area contributed by atoms with Crippen LogP contribution in [0.2, 0.25) is 0 Å². The van der Waals surface area contributed by atoms with Gasteiger partial charge in [0.05, 0.1) is 5.41 Å². The predicted molar refractivity (Wildman–Crippen MR) is 31.7 cm³/mol. The zero-order valence-electron chi connectivity index (χ0n) is 14.9. The number of rotatable bonds is 2. The molecule has 0 aromatic carbocycles. The van der Waals surface area contributed by atoms with Crippen molar-refractivity contribution >= 4 is 5.97 Å². The minimum absolute atomic E-state index is 2.09. The summed E-state index contributed by atoms with van der Waals surface area (Å²) in [5, 5.41) is 3.41. The summed E-state index contributed by atoms with van der Waals surface area (Å²) in [7, 11) is 0.